The van der Waals surface area contributed by atoms with Crippen molar-refractivity contribution in [2.24, 2.45) is 0 Å². The van der Waals surface area contributed by atoms with Crippen molar-refractivity contribution in [1.29, 1.82) is 0 Å². The summed E-state index contributed by atoms with van der Waals surface area (Å²) < 4.78 is 43.1. The summed E-state index contributed by atoms with van der Waals surface area (Å²) in [6.07, 6.45) is -0.118. The van der Waals surface area contributed by atoms with Gasteiger partial charge in [-0.3, -0.25) is 0 Å². The maximum Gasteiger partial charge on any atom is 0.244 e. The topological polar surface area (TPSA) is 65.1 Å². The highest BCUT2D eigenvalue weighted by atomic mass is 79.9. The molecular weight excluding hydrogens is 362 g/mol. The Hall–Kier alpha value is -0.830. The third-order valence-corrected chi connectivity index (χ3v) is 6.08. The number of methoxy groups -OCH3 is 2. The van der Waals surface area contributed by atoms with Crippen molar-refractivity contribution >= 4 is 26.0 Å². The van der Waals surface area contributed by atoms with E-state index in [0.29, 0.717) is 35.7 Å². The second kappa shape index (κ2) is 6.51. The van der Waals surface area contributed by atoms with Gasteiger partial charge in [0.2, 0.25) is 10.0 Å². The first-order valence-electron chi connectivity index (χ1n) is 6.43. The molecule has 21 heavy (non-hydrogen) atoms. The fourth-order valence-electron chi connectivity index (χ4n) is 2.18. The molecule has 0 unspecified atom stereocenters. The van der Waals surface area contributed by atoms with Crippen LogP contribution in [0.3, 0.4) is 0 Å². The minimum Gasteiger partial charge on any atom is -0.493 e. The van der Waals surface area contributed by atoms with E-state index >= 15 is 0 Å². The zero-order valence-corrected chi connectivity index (χ0v) is 14.5. The first-order chi connectivity index (χ1) is 9.90. The van der Waals surface area contributed by atoms with Gasteiger partial charge in [0.05, 0.1) is 26.9 Å². The molecule has 1 saturated heterocycles. The van der Waals surface area contributed by atoms with E-state index in [4.69, 9.17) is 14.2 Å². The second-order valence-electron chi connectivity index (χ2n) is 4.68. The Bertz CT molecular complexity index is 619. The van der Waals surface area contributed by atoms with Gasteiger partial charge in [0, 0.05) is 23.6 Å². The Balaban J connectivity index is 2.44. The molecule has 0 aromatic heterocycles. The number of hydrogen-bond acceptors (Lipinski definition) is 5. The van der Waals surface area contributed by atoms with E-state index in [1.165, 1.54) is 24.6 Å². The van der Waals surface area contributed by atoms with Gasteiger partial charge >= 0.3 is 0 Å². The van der Waals surface area contributed by atoms with Crippen LogP contribution in [0.5, 0.6) is 11.5 Å². The Morgan fingerprint density at radius 2 is 1.90 bits per heavy atom. The average molecular weight is 380 g/mol. The number of ether oxygens (including phenoxy) is 3. The van der Waals surface area contributed by atoms with Crippen molar-refractivity contribution in [2.45, 2.75) is 17.9 Å². The van der Waals surface area contributed by atoms with E-state index in [-0.39, 0.29) is 11.0 Å². The Labute approximate surface area is 133 Å². The molecule has 1 aliphatic rings. The second-order valence-corrected chi connectivity index (χ2v) is 7.44. The van der Waals surface area contributed by atoms with Crippen molar-refractivity contribution in [3.05, 3.63) is 16.6 Å². The maximum absolute atomic E-state index is 12.8. The smallest absolute Gasteiger partial charge is 0.244 e. The van der Waals surface area contributed by atoms with Gasteiger partial charge in [-0.2, -0.15) is 4.31 Å². The predicted molar refractivity (Wildman–Crippen MR) is 81.4 cm³/mol. The monoisotopic (exact) mass is 379 g/mol. The zero-order chi connectivity index (χ0) is 15.6. The molecule has 0 radical (unpaired) electrons. The zero-order valence-electron chi connectivity index (χ0n) is 12.1. The van der Waals surface area contributed by atoms with E-state index in [1.807, 2.05) is 6.92 Å². The lowest BCUT2D eigenvalue weighted by Gasteiger charge is -2.30. The van der Waals surface area contributed by atoms with Crippen molar-refractivity contribution < 1.29 is 22.6 Å². The minimum atomic E-state index is -3.61. The van der Waals surface area contributed by atoms with Crippen LogP contribution in [0.15, 0.2) is 21.5 Å². The molecule has 1 atom stereocenters. The number of hydrogen-bond donors (Lipinski definition) is 0. The number of benzene rings is 1. The summed E-state index contributed by atoms with van der Waals surface area (Å²) in [4.78, 5) is 0.161. The van der Waals surface area contributed by atoms with Crippen LogP contribution < -0.4 is 9.47 Å². The number of nitrogens with zero attached hydrogens (tertiary/aromatic N) is 1. The molecule has 1 aliphatic heterocycles. The van der Waals surface area contributed by atoms with Gasteiger partial charge in [0.15, 0.2) is 11.5 Å². The Morgan fingerprint density at radius 3 is 2.48 bits per heavy atom. The third kappa shape index (κ3) is 3.33. The lowest BCUT2D eigenvalue weighted by atomic mass is 10.3. The van der Waals surface area contributed by atoms with Crippen LogP contribution in [0.25, 0.3) is 0 Å². The molecule has 118 valence electrons. The Kier molecular flexibility index (Phi) is 5.13. The van der Waals surface area contributed by atoms with Crippen LogP contribution in [0.2, 0.25) is 0 Å². The lowest BCUT2D eigenvalue weighted by Crippen LogP contribution is -2.44. The van der Waals surface area contributed by atoms with Crippen LogP contribution in [0.4, 0.5) is 0 Å². The highest BCUT2D eigenvalue weighted by molar-refractivity contribution is 9.10. The van der Waals surface area contributed by atoms with Crippen LogP contribution in [0.1, 0.15) is 6.92 Å². The minimum absolute atomic E-state index is 0.118. The molecule has 1 fully saturated rings. The van der Waals surface area contributed by atoms with Gasteiger partial charge in [0.1, 0.15) is 4.90 Å². The van der Waals surface area contributed by atoms with Gasteiger partial charge < -0.3 is 14.2 Å². The van der Waals surface area contributed by atoms with E-state index in [1.54, 1.807) is 6.07 Å². The highest BCUT2D eigenvalue weighted by Gasteiger charge is 2.31. The fraction of sp³-hybridized carbons (Fsp3) is 0.538. The third-order valence-electron chi connectivity index (χ3n) is 3.26. The molecule has 6 nitrogen and oxygen atoms in total. The molecule has 0 bridgehead atoms. The number of halogens is 1. The molecule has 8 heteroatoms. The van der Waals surface area contributed by atoms with E-state index in [2.05, 4.69) is 15.9 Å². The van der Waals surface area contributed by atoms with Crippen molar-refractivity contribution in [2.75, 3.05) is 33.9 Å². The van der Waals surface area contributed by atoms with E-state index in [9.17, 15) is 8.42 Å². The van der Waals surface area contributed by atoms with Crippen LogP contribution in [-0.2, 0) is 14.8 Å². The largest absolute Gasteiger partial charge is 0.493 e. The molecule has 1 heterocycles. The predicted octanol–water partition coefficient (Wildman–Crippen LogP) is 1.88. The van der Waals surface area contributed by atoms with E-state index in [0.717, 1.165) is 0 Å². The molecule has 0 spiro atoms. The van der Waals surface area contributed by atoms with Crippen molar-refractivity contribution in [3.8, 4) is 11.5 Å². The van der Waals surface area contributed by atoms with Crippen LogP contribution >= 0.6 is 15.9 Å². The first kappa shape index (κ1) is 16.5. The van der Waals surface area contributed by atoms with Crippen LogP contribution in [0, 0.1) is 0 Å². The molecule has 0 N–H and O–H groups in total. The van der Waals surface area contributed by atoms with Crippen molar-refractivity contribution in [3.63, 3.8) is 0 Å². The summed E-state index contributed by atoms with van der Waals surface area (Å²) in [7, 11) is -0.639. The number of sulfonamides is 1. The van der Waals surface area contributed by atoms with Crippen LogP contribution in [-0.4, -0.2) is 52.7 Å². The summed E-state index contributed by atoms with van der Waals surface area (Å²) >= 11 is 3.30. The van der Waals surface area contributed by atoms with Gasteiger partial charge in [-0.05, 0) is 28.9 Å². The molecule has 0 saturated carbocycles. The molecular formula is C13H18BrNO5S. The molecule has 2 rings (SSSR count). The summed E-state index contributed by atoms with van der Waals surface area (Å²) in [5.41, 5.74) is 0. The van der Waals surface area contributed by atoms with Gasteiger partial charge in [-0.15, -0.1) is 0 Å². The highest BCUT2D eigenvalue weighted by Crippen LogP contribution is 2.36. The summed E-state index contributed by atoms with van der Waals surface area (Å²) in [5, 5.41) is 0. The summed E-state index contributed by atoms with van der Waals surface area (Å²) in [6, 6.07) is 3.06. The Morgan fingerprint density at radius 1 is 1.29 bits per heavy atom. The maximum atomic E-state index is 12.8. The molecule has 0 amide bonds. The van der Waals surface area contributed by atoms with E-state index < -0.39 is 10.0 Å². The quantitative estimate of drug-likeness (QED) is 0.798. The molecule has 0 aliphatic carbocycles. The van der Waals surface area contributed by atoms with Gasteiger partial charge in [-0.25, -0.2) is 8.42 Å². The fourth-order valence-corrected chi connectivity index (χ4v) is 4.67. The standard InChI is InChI=1S/C13H18BrNO5S/c1-9-8-15(4-5-20-9)21(16,17)13-7-12(19-3)11(18-2)6-10(13)14/h6-7,9H,4-5,8H2,1-3H3/t9-/m0/s1. The summed E-state index contributed by atoms with van der Waals surface area (Å²) in [6.45, 7) is 2.92. The van der Waals surface area contributed by atoms with Gasteiger partial charge in [-0.1, -0.05) is 0 Å². The van der Waals surface area contributed by atoms with Crippen molar-refractivity contribution in [1.82, 2.24) is 4.31 Å². The SMILES string of the molecule is COc1cc(Br)c(S(=O)(=O)N2CCO[C@@H](C)C2)cc1OC. The molecule has 1 aromatic rings. The lowest BCUT2D eigenvalue weighted by molar-refractivity contribution is 0.0101. The molecule has 1 aromatic carbocycles. The number of morpholine rings is 1. The summed E-state index contributed by atoms with van der Waals surface area (Å²) in [5.74, 6) is 0.847. The van der Waals surface area contributed by atoms with Gasteiger partial charge in [0.25, 0.3) is 0 Å². The normalized spacial score (nSPS) is 20.3. The first-order valence-corrected chi connectivity index (χ1v) is 8.66. The number of rotatable bonds is 4. The average Bonchev–Trinajstić information content (AvgIpc) is 2.46.